The summed E-state index contributed by atoms with van der Waals surface area (Å²) in [5.41, 5.74) is 1.53. The van der Waals surface area contributed by atoms with Gasteiger partial charge in [0, 0.05) is 0 Å². The molecular formula is C21H19N2O6-. The number of benzene rings is 2. The van der Waals surface area contributed by atoms with Gasteiger partial charge in [0.15, 0.2) is 11.5 Å². The van der Waals surface area contributed by atoms with Crippen LogP contribution < -0.4 is 19.9 Å². The topological polar surface area (TPSA) is 108 Å². The number of methoxy groups -OCH3 is 1. The number of nitrogens with one attached hydrogen (secondary N) is 1. The molecule has 1 aliphatic rings. The van der Waals surface area contributed by atoms with Crippen molar-refractivity contribution in [3.63, 3.8) is 0 Å². The number of ether oxygens (including phenoxy) is 2. The zero-order valence-corrected chi connectivity index (χ0v) is 15.9. The SMILES string of the molecule is COc1cc(/C=C2\NC(=O)N(Cc3ccccc3)C2=O)ccc1O[C@H](C)C(=O)[O-]. The molecular weight excluding hydrogens is 376 g/mol. The van der Waals surface area contributed by atoms with Gasteiger partial charge in [-0.15, -0.1) is 0 Å². The average molecular weight is 395 g/mol. The van der Waals surface area contributed by atoms with Crippen molar-refractivity contribution in [2.45, 2.75) is 19.6 Å². The highest BCUT2D eigenvalue weighted by atomic mass is 16.5. The van der Waals surface area contributed by atoms with Crippen LogP contribution >= 0.6 is 0 Å². The highest BCUT2D eigenvalue weighted by Crippen LogP contribution is 2.30. The van der Waals surface area contributed by atoms with Crippen LogP contribution in [0.2, 0.25) is 0 Å². The molecule has 29 heavy (non-hydrogen) atoms. The van der Waals surface area contributed by atoms with Gasteiger partial charge in [-0.25, -0.2) is 4.79 Å². The number of hydrogen-bond donors (Lipinski definition) is 1. The van der Waals surface area contributed by atoms with Crippen LogP contribution in [0.1, 0.15) is 18.1 Å². The summed E-state index contributed by atoms with van der Waals surface area (Å²) in [6.07, 6.45) is 0.357. The minimum atomic E-state index is -1.35. The summed E-state index contributed by atoms with van der Waals surface area (Å²) in [4.78, 5) is 36.8. The maximum absolute atomic E-state index is 12.6. The summed E-state index contributed by atoms with van der Waals surface area (Å²) in [7, 11) is 1.41. The van der Waals surface area contributed by atoms with E-state index in [2.05, 4.69) is 5.32 Å². The lowest BCUT2D eigenvalue weighted by Gasteiger charge is -2.17. The molecule has 0 aromatic heterocycles. The number of carboxylic acids is 1. The van der Waals surface area contributed by atoms with Crippen molar-refractivity contribution in [1.29, 1.82) is 0 Å². The average Bonchev–Trinajstić information content (AvgIpc) is 2.97. The molecule has 3 rings (SSSR count). The van der Waals surface area contributed by atoms with Gasteiger partial charge < -0.3 is 24.7 Å². The van der Waals surface area contributed by atoms with E-state index in [-0.39, 0.29) is 23.7 Å². The van der Waals surface area contributed by atoms with Crippen molar-refractivity contribution in [2.24, 2.45) is 0 Å². The quantitative estimate of drug-likeness (QED) is 0.559. The summed E-state index contributed by atoms with van der Waals surface area (Å²) in [6, 6.07) is 13.4. The first-order chi connectivity index (χ1) is 13.9. The number of carbonyl (C=O) groups excluding carboxylic acids is 3. The van der Waals surface area contributed by atoms with Crippen LogP contribution in [-0.4, -0.2) is 36.0 Å². The Morgan fingerprint density at radius 1 is 1.17 bits per heavy atom. The van der Waals surface area contributed by atoms with E-state index in [0.717, 1.165) is 10.5 Å². The van der Waals surface area contributed by atoms with Crippen LogP contribution in [0.15, 0.2) is 54.2 Å². The number of urea groups is 1. The maximum Gasteiger partial charge on any atom is 0.329 e. The third kappa shape index (κ3) is 4.55. The third-order valence-corrected chi connectivity index (χ3v) is 4.28. The normalized spacial score (nSPS) is 15.9. The molecule has 1 aliphatic heterocycles. The van der Waals surface area contributed by atoms with Gasteiger partial charge >= 0.3 is 6.03 Å². The Bertz CT molecular complexity index is 970. The smallest absolute Gasteiger partial charge is 0.329 e. The van der Waals surface area contributed by atoms with Gasteiger partial charge in [-0.2, -0.15) is 0 Å². The van der Waals surface area contributed by atoms with Crippen molar-refractivity contribution in [3.8, 4) is 11.5 Å². The summed E-state index contributed by atoms with van der Waals surface area (Å²) in [5, 5.41) is 13.4. The molecule has 0 saturated carbocycles. The third-order valence-electron chi connectivity index (χ3n) is 4.28. The number of amides is 3. The minimum absolute atomic E-state index is 0.129. The number of carbonyl (C=O) groups is 3. The van der Waals surface area contributed by atoms with Crippen molar-refractivity contribution in [2.75, 3.05) is 7.11 Å². The maximum atomic E-state index is 12.6. The van der Waals surface area contributed by atoms with Gasteiger partial charge in [-0.1, -0.05) is 36.4 Å². The number of nitrogens with zero attached hydrogens (tertiary/aromatic N) is 1. The number of imide groups is 1. The molecule has 0 unspecified atom stereocenters. The van der Waals surface area contributed by atoms with E-state index < -0.39 is 24.0 Å². The zero-order chi connectivity index (χ0) is 21.0. The van der Waals surface area contributed by atoms with Gasteiger partial charge in [0.05, 0.1) is 19.6 Å². The number of aliphatic carboxylic acids is 1. The fraction of sp³-hybridized carbons (Fsp3) is 0.190. The predicted molar refractivity (Wildman–Crippen MR) is 102 cm³/mol. The van der Waals surface area contributed by atoms with Crippen LogP contribution in [0, 0.1) is 0 Å². The van der Waals surface area contributed by atoms with Crippen LogP contribution in [0.5, 0.6) is 11.5 Å². The van der Waals surface area contributed by atoms with Crippen molar-refractivity contribution in [1.82, 2.24) is 10.2 Å². The van der Waals surface area contributed by atoms with E-state index in [1.54, 1.807) is 12.1 Å². The molecule has 1 saturated heterocycles. The second-order valence-electron chi connectivity index (χ2n) is 6.35. The van der Waals surface area contributed by atoms with Gasteiger partial charge in [-0.05, 0) is 36.3 Å². The number of rotatable bonds is 7. The molecule has 3 amide bonds. The first-order valence-corrected chi connectivity index (χ1v) is 8.83. The van der Waals surface area contributed by atoms with Crippen LogP contribution in [0.3, 0.4) is 0 Å². The fourth-order valence-electron chi connectivity index (χ4n) is 2.76. The Labute approximate surface area is 167 Å². The molecule has 0 radical (unpaired) electrons. The number of hydrogen-bond acceptors (Lipinski definition) is 6. The van der Waals surface area contributed by atoms with Crippen LogP contribution in [0.4, 0.5) is 4.79 Å². The highest BCUT2D eigenvalue weighted by molar-refractivity contribution is 6.13. The van der Waals surface area contributed by atoms with E-state index in [1.165, 1.54) is 26.2 Å². The van der Waals surface area contributed by atoms with Crippen molar-refractivity contribution in [3.05, 3.63) is 65.4 Å². The van der Waals surface area contributed by atoms with Crippen LogP contribution in [-0.2, 0) is 16.1 Å². The Balaban J connectivity index is 1.80. The van der Waals surface area contributed by atoms with Crippen molar-refractivity contribution >= 4 is 24.0 Å². The lowest BCUT2D eigenvalue weighted by atomic mass is 10.1. The van der Waals surface area contributed by atoms with Gasteiger partial charge in [0.2, 0.25) is 0 Å². The molecule has 1 heterocycles. The first-order valence-electron chi connectivity index (χ1n) is 8.83. The predicted octanol–water partition coefficient (Wildman–Crippen LogP) is 1.31. The van der Waals surface area contributed by atoms with E-state index in [4.69, 9.17) is 9.47 Å². The van der Waals surface area contributed by atoms with Crippen LogP contribution in [0.25, 0.3) is 6.08 Å². The Kier molecular flexibility index (Phi) is 5.82. The molecule has 1 N–H and O–H groups in total. The number of carboxylic acid groups (broad SMARTS) is 1. The molecule has 150 valence electrons. The summed E-state index contributed by atoms with van der Waals surface area (Å²) < 4.78 is 10.5. The highest BCUT2D eigenvalue weighted by Gasteiger charge is 2.33. The first kappa shape index (κ1) is 19.9. The molecule has 0 bridgehead atoms. The molecule has 8 heteroatoms. The monoisotopic (exact) mass is 395 g/mol. The van der Waals surface area contributed by atoms with E-state index in [9.17, 15) is 19.5 Å². The minimum Gasteiger partial charge on any atom is -0.546 e. The van der Waals surface area contributed by atoms with Gasteiger partial charge in [0.1, 0.15) is 11.8 Å². The largest absolute Gasteiger partial charge is 0.546 e. The molecule has 0 aliphatic carbocycles. The van der Waals surface area contributed by atoms with E-state index >= 15 is 0 Å². The van der Waals surface area contributed by atoms with Crippen molar-refractivity contribution < 1.29 is 29.0 Å². The van der Waals surface area contributed by atoms with E-state index in [0.29, 0.717) is 5.56 Å². The Morgan fingerprint density at radius 3 is 2.55 bits per heavy atom. The second kappa shape index (κ2) is 8.47. The summed E-state index contributed by atoms with van der Waals surface area (Å²) >= 11 is 0. The lowest BCUT2D eigenvalue weighted by molar-refractivity contribution is -0.312. The fourth-order valence-corrected chi connectivity index (χ4v) is 2.76. The molecule has 0 spiro atoms. The zero-order valence-electron chi connectivity index (χ0n) is 15.9. The second-order valence-corrected chi connectivity index (χ2v) is 6.35. The summed E-state index contributed by atoms with van der Waals surface area (Å²) in [5.74, 6) is -1.29. The Morgan fingerprint density at radius 2 is 1.90 bits per heavy atom. The molecule has 1 fully saturated rings. The molecule has 1 atom stereocenters. The standard InChI is InChI=1S/C21H20N2O6/c1-13(20(25)26)29-17-9-8-15(11-18(17)28-2)10-16-19(24)23(21(27)22-16)12-14-6-4-3-5-7-14/h3-11,13H,12H2,1-2H3,(H,22,27)(H,25,26)/p-1/b16-10-/t13-/m1/s1. The molecule has 2 aromatic rings. The van der Waals surface area contributed by atoms with Gasteiger partial charge in [-0.3, -0.25) is 9.69 Å². The lowest BCUT2D eigenvalue weighted by Crippen LogP contribution is -2.37. The molecule has 8 nitrogen and oxygen atoms in total. The van der Waals surface area contributed by atoms with Gasteiger partial charge in [0.25, 0.3) is 5.91 Å². The summed E-state index contributed by atoms with van der Waals surface area (Å²) in [6.45, 7) is 1.51. The van der Waals surface area contributed by atoms with E-state index in [1.807, 2.05) is 30.3 Å². The molecule has 2 aromatic carbocycles. The Hall–Kier alpha value is -3.81.